The molecule has 6 nitrogen and oxygen atoms in total. The summed E-state index contributed by atoms with van der Waals surface area (Å²) < 4.78 is 27.7. The van der Waals surface area contributed by atoms with Crippen LogP contribution in [0.2, 0.25) is 0 Å². The van der Waals surface area contributed by atoms with Crippen LogP contribution in [-0.4, -0.2) is 48.2 Å². The zero-order valence-electron chi connectivity index (χ0n) is 13.4. The molecule has 1 saturated carbocycles. The number of likely N-dealkylation sites (tertiary alicyclic amines) is 1. The summed E-state index contributed by atoms with van der Waals surface area (Å²) in [5.41, 5.74) is 0.598. The molecule has 1 aliphatic carbocycles. The van der Waals surface area contributed by atoms with Crippen molar-refractivity contribution in [3.05, 3.63) is 5.69 Å². The smallest absolute Gasteiger partial charge is 0.222 e. The Labute approximate surface area is 141 Å². The van der Waals surface area contributed by atoms with Gasteiger partial charge in [0.05, 0.1) is 5.69 Å². The van der Waals surface area contributed by atoms with Gasteiger partial charge in [0.15, 0.2) is 14.0 Å². The van der Waals surface area contributed by atoms with Crippen LogP contribution in [0.15, 0.2) is 4.21 Å². The van der Waals surface area contributed by atoms with Crippen LogP contribution >= 0.6 is 11.5 Å². The van der Waals surface area contributed by atoms with Crippen LogP contribution in [0, 0.1) is 5.92 Å². The van der Waals surface area contributed by atoms with E-state index in [1.165, 1.54) is 31.9 Å². The SMILES string of the molecule is CS(=O)(=O)c1snnc1C1CCN(C(=O)CC2CCCC2)CC1. The van der Waals surface area contributed by atoms with Gasteiger partial charge in [-0.3, -0.25) is 4.79 Å². The van der Waals surface area contributed by atoms with Crippen LogP contribution in [0.25, 0.3) is 0 Å². The molecule has 0 radical (unpaired) electrons. The summed E-state index contributed by atoms with van der Waals surface area (Å²) in [5.74, 6) is 0.920. The van der Waals surface area contributed by atoms with Crippen molar-refractivity contribution in [2.45, 2.75) is 55.1 Å². The highest BCUT2D eigenvalue weighted by atomic mass is 32.2. The van der Waals surface area contributed by atoms with E-state index >= 15 is 0 Å². The van der Waals surface area contributed by atoms with Crippen molar-refractivity contribution in [2.75, 3.05) is 19.3 Å². The highest BCUT2D eigenvalue weighted by Gasteiger charge is 2.31. The number of carbonyl (C=O) groups excluding carboxylic acids is 1. The molecule has 0 unspecified atom stereocenters. The van der Waals surface area contributed by atoms with Crippen molar-refractivity contribution in [3.8, 4) is 0 Å². The predicted octanol–water partition coefficient (Wildman–Crippen LogP) is 2.23. The molecule has 0 spiro atoms. The van der Waals surface area contributed by atoms with Gasteiger partial charge in [0.25, 0.3) is 0 Å². The summed E-state index contributed by atoms with van der Waals surface area (Å²) in [7, 11) is -3.27. The number of nitrogens with zero attached hydrogens (tertiary/aromatic N) is 3. The summed E-state index contributed by atoms with van der Waals surface area (Å²) in [6.07, 6.45) is 8.29. The van der Waals surface area contributed by atoms with E-state index in [0.717, 1.165) is 24.4 Å². The largest absolute Gasteiger partial charge is 0.343 e. The first kappa shape index (κ1) is 16.8. The van der Waals surface area contributed by atoms with E-state index in [1.54, 1.807) is 0 Å². The molecule has 23 heavy (non-hydrogen) atoms. The third-order valence-corrected chi connectivity index (χ3v) is 7.54. The number of rotatable bonds is 4. The van der Waals surface area contributed by atoms with E-state index < -0.39 is 9.84 Å². The fraction of sp³-hybridized carbons (Fsp3) is 0.800. The van der Waals surface area contributed by atoms with Crippen molar-refractivity contribution in [3.63, 3.8) is 0 Å². The minimum Gasteiger partial charge on any atom is -0.343 e. The molecule has 1 aromatic rings. The van der Waals surface area contributed by atoms with E-state index in [2.05, 4.69) is 9.59 Å². The van der Waals surface area contributed by atoms with Gasteiger partial charge in [0.1, 0.15) is 0 Å². The molecule has 1 aromatic heterocycles. The van der Waals surface area contributed by atoms with Gasteiger partial charge in [-0.25, -0.2) is 8.42 Å². The molecule has 8 heteroatoms. The number of aromatic nitrogens is 2. The first-order chi connectivity index (χ1) is 10.9. The van der Waals surface area contributed by atoms with Gasteiger partial charge in [0, 0.05) is 43.2 Å². The minimum absolute atomic E-state index is 0.0917. The second kappa shape index (κ2) is 6.84. The molecule has 128 valence electrons. The Bertz CT molecular complexity index is 657. The fourth-order valence-electron chi connectivity index (χ4n) is 3.69. The highest BCUT2D eigenvalue weighted by molar-refractivity contribution is 7.92. The van der Waals surface area contributed by atoms with Gasteiger partial charge in [-0.2, -0.15) is 0 Å². The summed E-state index contributed by atoms with van der Waals surface area (Å²) in [6, 6.07) is 0. The standard InChI is InChI=1S/C15H23N3O3S2/c1-23(20,21)15-14(16-17-22-15)12-6-8-18(9-7-12)13(19)10-11-4-2-3-5-11/h11-12H,2-10H2,1H3. The van der Waals surface area contributed by atoms with E-state index in [9.17, 15) is 13.2 Å². The van der Waals surface area contributed by atoms with Gasteiger partial charge in [-0.1, -0.05) is 17.3 Å². The Kier molecular flexibility index (Phi) is 5.01. The zero-order valence-corrected chi connectivity index (χ0v) is 15.0. The topological polar surface area (TPSA) is 80.2 Å². The molecule has 1 amide bonds. The molecule has 0 aromatic carbocycles. The van der Waals surface area contributed by atoms with Gasteiger partial charge in [-0.15, -0.1) is 5.10 Å². The lowest BCUT2D eigenvalue weighted by molar-refractivity contribution is -0.133. The van der Waals surface area contributed by atoms with Crippen LogP contribution in [0.5, 0.6) is 0 Å². The van der Waals surface area contributed by atoms with Crippen molar-refractivity contribution in [1.29, 1.82) is 0 Å². The van der Waals surface area contributed by atoms with Crippen LogP contribution in [0.1, 0.15) is 56.6 Å². The van der Waals surface area contributed by atoms with Crippen LogP contribution < -0.4 is 0 Å². The van der Waals surface area contributed by atoms with E-state index in [0.29, 0.717) is 31.1 Å². The second-order valence-corrected chi connectivity index (χ2v) is 9.69. The number of sulfone groups is 1. The number of hydrogen-bond acceptors (Lipinski definition) is 6. The lowest BCUT2D eigenvalue weighted by Gasteiger charge is -2.32. The number of amides is 1. The lowest BCUT2D eigenvalue weighted by Crippen LogP contribution is -2.38. The van der Waals surface area contributed by atoms with E-state index in [1.807, 2.05) is 4.90 Å². The Morgan fingerprint density at radius 3 is 2.48 bits per heavy atom. The summed E-state index contributed by atoms with van der Waals surface area (Å²) in [4.78, 5) is 14.3. The number of hydrogen-bond donors (Lipinski definition) is 0. The average Bonchev–Trinajstić information content (AvgIpc) is 3.18. The van der Waals surface area contributed by atoms with Gasteiger partial charge in [0.2, 0.25) is 5.91 Å². The monoisotopic (exact) mass is 357 g/mol. The molecule has 2 aliphatic rings. The van der Waals surface area contributed by atoms with Gasteiger partial charge >= 0.3 is 0 Å². The summed E-state index contributed by atoms with van der Waals surface area (Å²) in [6.45, 7) is 1.38. The second-order valence-electron chi connectivity index (χ2n) is 6.73. The van der Waals surface area contributed by atoms with Crippen LogP contribution in [0.3, 0.4) is 0 Å². The Morgan fingerprint density at radius 1 is 1.22 bits per heavy atom. The Balaban J connectivity index is 1.58. The molecule has 0 bridgehead atoms. The van der Waals surface area contributed by atoms with Crippen molar-refractivity contribution in [2.24, 2.45) is 5.92 Å². The molecule has 3 rings (SSSR count). The minimum atomic E-state index is -3.27. The summed E-state index contributed by atoms with van der Waals surface area (Å²) in [5, 5.41) is 4.05. The van der Waals surface area contributed by atoms with Gasteiger partial charge in [-0.05, 0) is 31.6 Å². The maximum atomic E-state index is 12.4. The fourth-order valence-corrected chi connectivity index (χ4v) is 5.42. The zero-order chi connectivity index (χ0) is 16.4. The van der Waals surface area contributed by atoms with Gasteiger partial charge < -0.3 is 4.90 Å². The predicted molar refractivity (Wildman–Crippen MR) is 88.1 cm³/mol. The lowest BCUT2D eigenvalue weighted by atomic mass is 9.93. The average molecular weight is 358 g/mol. The first-order valence-corrected chi connectivity index (χ1v) is 10.9. The highest BCUT2D eigenvalue weighted by Crippen LogP contribution is 2.33. The summed E-state index contributed by atoms with van der Waals surface area (Å²) >= 11 is 0.949. The molecule has 1 aliphatic heterocycles. The number of carbonyl (C=O) groups is 1. The van der Waals surface area contributed by atoms with Crippen molar-refractivity contribution < 1.29 is 13.2 Å². The maximum absolute atomic E-state index is 12.4. The molecule has 0 atom stereocenters. The normalized spacial score (nSPS) is 21.0. The quantitative estimate of drug-likeness (QED) is 0.825. The van der Waals surface area contributed by atoms with Crippen LogP contribution in [0.4, 0.5) is 0 Å². The molecule has 0 N–H and O–H groups in total. The Morgan fingerprint density at radius 2 is 1.87 bits per heavy atom. The van der Waals surface area contributed by atoms with Crippen LogP contribution in [-0.2, 0) is 14.6 Å². The third kappa shape index (κ3) is 3.91. The molecule has 2 fully saturated rings. The molecule has 1 saturated heterocycles. The molecular weight excluding hydrogens is 334 g/mol. The Hall–Kier alpha value is -1.02. The third-order valence-electron chi connectivity index (χ3n) is 4.99. The van der Waals surface area contributed by atoms with E-state index in [-0.39, 0.29) is 16.0 Å². The molecular formula is C15H23N3O3S2. The number of piperidine rings is 1. The molecule has 2 heterocycles. The first-order valence-electron chi connectivity index (χ1n) is 8.25. The maximum Gasteiger partial charge on any atom is 0.222 e. The van der Waals surface area contributed by atoms with Crippen molar-refractivity contribution in [1.82, 2.24) is 14.5 Å². The van der Waals surface area contributed by atoms with E-state index in [4.69, 9.17) is 0 Å². The van der Waals surface area contributed by atoms with Crippen molar-refractivity contribution >= 4 is 27.3 Å².